The molecule has 0 atom stereocenters. The van der Waals surface area contributed by atoms with Crippen molar-refractivity contribution < 1.29 is 9.18 Å². The van der Waals surface area contributed by atoms with Crippen LogP contribution >= 0.6 is 0 Å². The topological polar surface area (TPSA) is 59.8 Å². The molecule has 0 saturated carbocycles. The molecule has 0 saturated heterocycles. The molecule has 0 fully saturated rings. The molecule has 0 spiro atoms. The number of halogens is 1. The van der Waals surface area contributed by atoms with Gasteiger partial charge >= 0.3 is 0 Å². The van der Waals surface area contributed by atoms with Gasteiger partial charge in [0.15, 0.2) is 5.82 Å². The molecule has 0 aliphatic heterocycles. The molecular formula is C23H19FN4O. The average Bonchev–Trinajstić information content (AvgIpc) is 3.21. The lowest BCUT2D eigenvalue weighted by atomic mass is 10.1. The van der Waals surface area contributed by atoms with Gasteiger partial charge in [-0.2, -0.15) is 0 Å². The van der Waals surface area contributed by atoms with E-state index in [0.717, 1.165) is 23.2 Å². The van der Waals surface area contributed by atoms with Gasteiger partial charge in [0.2, 0.25) is 5.82 Å². The summed E-state index contributed by atoms with van der Waals surface area (Å²) in [6.45, 7) is 2.03. The number of aryl methyl sites for hydroxylation is 1. The van der Waals surface area contributed by atoms with E-state index in [2.05, 4.69) is 15.4 Å². The van der Waals surface area contributed by atoms with E-state index in [9.17, 15) is 9.18 Å². The first-order valence-corrected chi connectivity index (χ1v) is 9.33. The molecule has 6 heteroatoms. The highest BCUT2D eigenvalue weighted by atomic mass is 19.1. The average molecular weight is 386 g/mol. The molecule has 0 aliphatic carbocycles. The summed E-state index contributed by atoms with van der Waals surface area (Å²) in [7, 11) is 0. The van der Waals surface area contributed by atoms with Gasteiger partial charge in [0.1, 0.15) is 5.82 Å². The molecule has 1 amide bonds. The number of carbonyl (C=O) groups is 1. The second-order valence-electron chi connectivity index (χ2n) is 6.48. The molecule has 144 valence electrons. The first kappa shape index (κ1) is 18.6. The minimum atomic E-state index is -0.399. The number of benzene rings is 3. The maximum absolute atomic E-state index is 13.4. The Morgan fingerprint density at radius 3 is 2.38 bits per heavy atom. The molecule has 4 rings (SSSR count). The van der Waals surface area contributed by atoms with E-state index < -0.39 is 5.91 Å². The van der Waals surface area contributed by atoms with Crippen molar-refractivity contribution in [2.24, 2.45) is 0 Å². The van der Waals surface area contributed by atoms with Crippen molar-refractivity contribution in [2.45, 2.75) is 13.3 Å². The Morgan fingerprint density at radius 1 is 0.966 bits per heavy atom. The van der Waals surface area contributed by atoms with Crippen molar-refractivity contribution in [3.8, 4) is 17.1 Å². The second kappa shape index (κ2) is 8.06. The van der Waals surface area contributed by atoms with Crippen LogP contribution in [0.2, 0.25) is 0 Å². The smallest absolute Gasteiger partial charge is 0.295 e. The van der Waals surface area contributed by atoms with Crippen LogP contribution in [0, 0.1) is 5.82 Å². The number of anilines is 1. The standard InChI is InChI=1S/C23H19FN4O/c1-2-16-8-6-7-11-20(16)25-23(29)21-26-22(17-9-4-3-5-10-17)28(27-21)19-14-12-18(24)13-15-19/h3-15H,2H2,1H3,(H,25,29). The third-order valence-corrected chi connectivity index (χ3v) is 4.56. The van der Waals surface area contributed by atoms with E-state index in [1.165, 1.54) is 12.1 Å². The summed E-state index contributed by atoms with van der Waals surface area (Å²) in [5, 5.41) is 7.30. The number of aromatic nitrogens is 3. The van der Waals surface area contributed by atoms with Crippen molar-refractivity contribution in [3.63, 3.8) is 0 Å². The van der Waals surface area contributed by atoms with Crippen LogP contribution in [-0.4, -0.2) is 20.7 Å². The number of para-hydroxylation sites is 1. The molecule has 0 aliphatic rings. The summed E-state index contributed by atoms with van der Waals surface area (Å²) in [5.41, 5.74) is 3.18. The van der Waals surface area contributed by atoms with Gasteiger partial charge in [-0.05, 0) is 42.3 Å². The van der Waals surface area contributed by atoms with Crippen LogP contribution in [0.5, 0.6) is 0 Å². The van der Waals surface area contributed by atoms with Crippen LogP contribution in [0.25, 0.3) is 17.1 Å². The van der Waals surface area contributed by atoms with Crippen LogP contribution in [0.15, 0.2) is 78.9 Å². The molecule has 29 heavy (non-hydrogen) atoms. The van der Waals surface area contributed by atoms with Gasteiger partial charge in [0.05, 0.1) is 5.69 Å². The van der Waals surface area contributed by atoms with Crippen molar-refractivity contribution in [2.75, 3.05) is 5.32 Å². The number of hydrogen-bond acceptors (Lipinski definition) is 3. The predicted octanol–water partition coefficient (Wildman–Crippen LogP) is 4.89. The van der Waals surface area contributed by atoms with Crippen molar-refractivity contribution in [1.82, 2.24) is 14.8 Å². The number of carbonyl (C=O) groups excluding carboxylic acids is 1. The zero-order chi connectivity index (χ0) is 20.2. The summed E-state index contributed by atoms with van der Waals surface area (Å²) in [4.78, 5) is 17.3. The van der Waals surface area contributed by atoms with E-state index in [1.807, 2.05) is 61.5 Å². The Balaban J connectivity index is 1.74. The van der Waals surface area contributed by atoms with Gasteiger partial charge in [-0.15, -0.1) is 5.10 Å². The Hall–Kier alpha value is -3.80. The number of amides is 1. The Bertz CT molecular complexity index is 1140. The summed E-state index contributed by atoms with van der Waals surface area (Å²) >= 11 is 0. The van der Waals surface area contributed by atoms with Gasteiger partial charge in [0.25, 0.3) is 5.91 Å². The molecule has 0 bridgehead atoms. The molecule has 0 unspecified atom stereocenters. The largest absolute Gasteiger partial charge is 0.319 e. The highest BCUT2D eigenvalue weighted by molar-refractivity contribution is 6.02. The van der Waals surface area contributed by atoms with E-state index in [-0.39, 0.29) is 11.6 Å². The summed E-state index contributed by atoms with van der Waals surface area (Å²) in [5.74, 6) is -0.196. The zero-order valence-electron chi connectivity index (χ0n) is 15.8. The zero-order valence-corrected chi connectivity index (χ0v) is 15.8. The van der Waals surface area contributed by atoms with Crippen molar-refractivity contribution >= 4 is 11.6 Å². The minimum Gasteiger partial charge on any atom is -0.319 e. The summed E-state index contributed by atoms with van der Waals surface area (Å²) in [6, 6.07) is 23.0. The van der Waals surface area contributed by atoms with E-state index >= 15 is 0 Å². The number of hydrogen-bond donors (Lipinski definition) is 1. The number of nitrogens with zero attached hydrogens (tertiary/aromatic N) is 3. The summed E-state index contributed by atoms with van der Waals surface area (Å²) < 4.78 is 14.9. The van der Waals surface area contributed by atoms with Crippen LogP contribution in [-0.2, 0) is 6.42 Å². The first-order valence-electron chi connectivity index (χ1n) is 9.33. The highest BCUT2D eigenvalue weighted by Gasteiger charge is 2.19. The molecule has 3 aromatic carbocycles. The fourth-order valence-corrected chi connectivity index (χ4v) is 3.07. The summed E-state index contributed by atoms with van der Waals surface area (Å²) in [6.07, 6.45) is 0.795. The van der Waals surface area contributed by atoms with Crippen LogP contribution in [0.1, 0.15) is 23.1 Å². The highest BCUT2D eigenvalue weighted by Crippen LogP contribution is 2.22. The lowest BCUT2D eigenvalue weighted by Crippen LogP contribution is -2.15. The van der Waals surface area contributed by atoms with Crippen LogP contribution < -0.4 is 5.32 Å². The molecule has 4 aromatic rings. The molecule has 0 radical (unpaired) electrons. The van der Waals surface area contributed by atoms with Crippen molar-refractivity contribution in [3.05, 3.63) is 96.1 Å². The quantitative estimate of drug-likeness (QED) is 0.531. The minimum absolute atomic E-state index is 0.0408. The van der Waals surface area contributed by atoms with Crippen molar-refractivity contribution in [1.29, 1.82) is 0 Å². The van der Waals surface area contributed by atoms with Crippen LogP contribution in [0.3, 0.4) is 0 Å². The Kier molecular flexibility index (Phi) is 5.16. The number of nitrogens with one attached hydrogen (secondary N) is 1. The normalized spacial score (nSPS) is 10.7. The van der Waals surface area contributed by atoms with Gasteiger partial charge in [-0.1, -0.05) is 55.5 Å². The molecule has 1 N–H and O–H groups in total. The molecular weight excluding hydrogens is 367 g/mol. The number of rotatable bonds is 5. The third-order valence-electron chi connectivity index (χ3n) is 4.56. The fourth-order valence-electron chi connectivity index (χ4n) is 3.07. The van der Waals surface area contributed by atoms with E-state index in [1.54, 1.807) is 16.8 Å². The lowest BCUT2D eigenvalue weighted by molar-refractivity contribution is 0.101. The van der Waals surface area contributed by atoms with Gasteiger partial charge in [0, 0.05) is 11.3 Å². The third kappa shape index (κ3) is 3.91. The maximum atomic E-state index is 13.4. The second-order valence-corrected chi connectivity index (χ2v) is 6.48. The van der Waals surface area contributed by atoms with E-state index in [0.29, 0.717) is 11.5 Å². The fraction of sp³-hybridized carbons (Fsp3) is 0.0870. The maximum Gasteiger partial charge on any atom is 0.295 e. The molecule has 5 nitrogen and oxygen atoms in total. The van der Waals surface area contributed by atoms with Gasteiger partial charge in [-0.3, -0.25) is 4.79 Å². The predicted molar refractivity (Wildman–Crippen MR) is 111 cm³/mol. The van der Waals surface area contributed by atoms with E-state index in [4.69, 9.17) is 0 Å². The van der Waals surface area contributed by atoms with Gasteiger partial charge in [-0.25, -0.2) is 14.1 Å². The van der Waals surface area contributed by atoms with Crippen LogP contribution in [0.4, 0.5) is 10.1 Å². The first-order chi connectivity index (χ1) is 14.2. The van der Waals surface area contributed by atoms with Gasteiger partial charge < -0.3 is 5.32 Å². The monoisotopic (exact) mass is 386 g/mol. The lowest BCUT2D eigenvalue weighted by Gasteiger charge is -2.07. The SMILES string of the molecule is CCc1ccccc1NC(=O)c1nc(-c2ccccc2)n(-c2ccc(F)cc2)n1. The molecule has 1 heterocycles. The molecule has 1 aromatic heterocycles. The Morgan fingerprint density at radius 2 is 1.66 bits per heavy atom. The Labute approximate surface area is 167 Å².